The highest BCUT2D eigenvalue weighted by atomic mass is 14.1. The summed E-state index contributed by atoms with van der Waals surface area (Å²) in [5.74, 6) is 0. The molecule has 0 amide bonds. The van der Waals surface area contributed by atoms with Crippen LogP contribution in [0.25, 0.3) is 27.8 Å². The third kappa shape index (κ3) is 4.20. The Morgan fingerprint density at radius 3 is 1.70 bits per heavy atom. The minimum absolute atomic E-state index is 1.09. The van der Waals surface area contributed by atoms with E-state index < -0.39 is 0 Å². The van der Waals surface area contributed by atoms with Gasteiger partial charge >= 0.3 is 0 Å². The van der Waals surface area contributed by atoms with Gasteiger partial charge < -0.3 is 0 Å². The van der Waals surface area contributed by atoms with E-state index in [1.54, 1.807) is 0 Å². The van der Waals surface area contributed by atoms with E-state index >= 15 is 0 Å². The van der Waals surface area contributed by atoms with E-state index in [1.165, 1.54) is 27.8 Å². The van der Waals surface area contributed by atoms with Crippen molar-refractivity contribution >= 4 is 5.57 Å². The SMILES string of the molecule is C=C(C)c1cccc(-c2cccc(-c3ccccc3)c2)c1.CC. The molecule has 0 heteroatoms. The standard InChI is InChI=1S/C21H18.C2H6/c1-16(2)18-10-6-12-20(14-18)21-13-7-11-19(15-21)17-8-4-3-5-9-17;1-2/h3-15H,1H2,2H3;1-2H3. The van der Waals surface area contributed by atoms with Crippen LogP contribution in [0.1, 0.15) is 26.3 Å². The van der Waals surface area contributed by atoms with Gasteiger partial charge in [0.1, 0.15) is 0 Å². The van der Waals surface area contributed by atoms with E-state index in [0.717, 1.165) is 5.57 Å². The molecule has 0 aliphatic rings. The molecule has 0 saturated carbocycles. The highest BCUT2D eigenvalue weighted by Crippen LogP contribution is 2.27. The summed E-state index contributed by atoms with van der Waals surface area (Å²) >= 11 is 0. The van der Waals surface area contributed by atoms with E-state index in [4.69, 9.17) is 0 Å². The molecule has 0 unspecified atom stereocenters. The van der Waals surface area contributed by atoms with Crippen LogP contribution >= 0.6 is 0 Å². The van der Waals surface area contributed by atoms with Crippen molar-refractivity contribution in [3.8, 4) is 22.3 Å². The average Bonchev–Trinajstić information content (AvgIpc) is 2.64. The zero-order chi connectivity index (χ0) is 16.7. The van der Waals surface area contributed by atoms with Crippen molar-refractivity contribution in [2.75, 3.05) is 0 Å². The smallest absolute Gasteiger partial charge is 0.0178 e. The molecule has 3 aromatic rings. The largest absolute Gasteiger partial charge is 0.0955 e. The van der Waals surface area contributed by atoms with Gasteiger partial charge in [-0.05, 0) is 46.9 Å². The van der Waals surface area contributed by atoms with Gasteiger partial charge in [0.2, 0.25) is 0 Å². The van der Waals surface area contributed by atoms with Crippen molar-refractivity contribution in [2.45, 2.75) is 20.8 Å². The quantitative estimate of drug-likeness (QED) is 0.485. The van der Waals surface area contributed by atoms with E-state index in [9.17, 15) is 0 Å². The maximum atomic E-state index is 4.03. The van der Waals surface area contributed by atoms with Crippen LogP contribution in [0, 0.1) is 0 Å². The summed E-state index contributed by atoms with van der Waals surface area (Å²) in [5, 5.41) is 0. The Hall–Kier alpha value is -2.60. The maximum absolute atomic E-state index is 4.03. The molecule has 0 spiro atoms. The summed E-state index contributed by atoms with van der Waals surface area (Å²) in [7, 11) is 0. The number of allylic oxidation sites excluding steroid dienone is 1. The monoisotopic (exact) mass is 300 g/mol. The Bertz CT molecular complexity index is 767. The number of hydrogen-bond donors (Lipinski definition) is 0. The molecule has 0 aliphatic heterocycles. The van der Waals surface area contributed by atoms with E-state index in [0.29, 0.717) is 0 Å². The number of rotatable bonds is 3. The van der Waals surface area contributed by atoms with Gasteiger partial charge in [0.15, 0.2) is 0 Å². The minimum atomic E-state index is 1.09. The van der Waals surface area contributed by atoms with E-state index in [2.05, 4.69) is 79.4 Å². The number of benzene rings is 3. The summed E-state index contributed by atoms with van der Waals surface area (Å²) < 4.78 is 0. The normalized spacial score (nSPS) is 9.70. The van der Waals surface area contributed by atoms with Gasteiger partial charge in [-0.3, -0.25) is 0 Å². The van der Waals surface area contributed by atoms with E-state index in [-0.39, 0.29) is 0 Å². The maximum Gasteiger partial charge on any atom is -0.0178 e. The zero-order valence-electron chi connectivity index (χ0n) is 14.2. The third-order valence-corrected chi connectivity index (χ3v) is 3.66. The second-order valence-corrected chi connectivity index (χ2v) is 5.31. The summed E-state index contributed by atoms with van der Waals surface area (Å²) in [6.07, 6.45) is 0. The lowest BCUT2D eigenvalue weighted by atomic mass is 9.97. The van der Waals surface area contributed by atoms with Gasteiger partial charge in [0, 0.05) is 0 Å². The Balaban J connectivity index is 0.000000924. The zero-order valence-corrected chi connectivity index (χ0v) is 14.2. The van der Waals surface area contributed by atoms with Gasteiger partial charge in [-0.15, -0.1) is 0 Å². The van der Waals surface area contributed by atoms with Crippen molar-refractivity contribution in [1.82, 2.24) is 0 Å². The molecule has 0 saturated heterocycles. The molecule has 0 aliphatic carbocycles. The molecule has 3 rings (SSSR count). The highest BCUT2D eigenvalue weighted by molar-refractivity contribution is 5.75. The summed E-state index contributed by atoms with van der Waals surface area (Å²) in [6.45, 7) is 10.1. The predicted molar refractivity (Wildman–Crippen MR) is 103 cm³/mol. The predicted octanol–water partition coefficient (Wildman–Crippen LogP) is 7.08. The summed E-state index contributed by atoms with van der Waals surface area (Å²) in [6, 6.07) is 27.7. The molecule has 23 heavy (non-hydrogen) atoms. The molecular formula is C23H24. The van der Waals surface area contributed by atoms with Gasteiger partial charge in [-0.2, -0.15) is 0 Å². The first kappa shape index (κ1) is 16.8. The molecule has 0 bridgehead atoms. The fourth-order valence-electron chi connectivity index (χ4n) is 2.47. The molecule has 0 N–H and O–H groups in total. The van der Waals surface area contributed by atoms with E-state index in [1.807, 2.05) is 26.8 Å². The fraction of sp³-hybridized carbons (Fsp3) is 0.130. The van der Waals surface area contributed by atoms with Crippen LogP contribution in [0.3, 0.4) is 0 Å². The lowest BCUT2D eigenvalue weighted by molar-refractivity contribution is 1.50. The first-order chi connectivity index (χ1) is 11.2. The van der Waals surface area contributed by atoms with Gasteiger partial charge in [-0.1, -0.05) is 92.7 Å². The van der Waals surface area contributed by atoms with Gasteiger partial charge in [-0.25, -0.2) is 0 Å². The second-order valence-electron chi connectivity index (χ2n) is 5.31. The Labute approximate surface area is 140 Å². The Morgan fingerprint density at radius 2 is 1.09 bits per heavy atom. The van der Waals surface area contributed by atoms with Crippen LogP contribution in [0.15, 0.2) is 85.4 Å². The number of hydrogen-bond acceptors (Lipinski definition) is 0. The van der Waals surface area contributed by atoms with Crippen LogP contribution in [0.4, 0.5) is 0 Å². The van der Waals surface area contributed by atoms with Crippen molar-refractivity contribution < 1.29 is 0 Å². The molecule has 0 aromatic heterocycles. The molecule has 3 aromatic carbocycles. The summed E-state index contributed by atoms with van der Waals surface area (Å²) in [4.78, 5) is 0. The van der Waals surface area contributed by atoms with Crippen molar-refractivity contribution in [3.63, 3.8) is 0 Å². The molecule has 0 nitrogen and oxygen atoms in total. The first-order valence-electron chi connectivity index (χ1n) is 8.16. The molecule has 0 radical (unpaired) electrons. The molecule has 116 valence electrons. The van der Waals surface area contributed by atoms with Crippen molar-refractivity contribution in [2.24, 2.45) is 0 Å². The summed E-state index contributed by atoms with van der Waals surface area (Å²) in [5.41, 5.74) is 7.24. The topological polar surface area (TPSA) is 0 Å². The van der Waals surface area contributed by atoms with Crippen molar-refractivity contribution in [1.29, 1.82) is 0 Å². The fourth-order valence-corrected chi connectivity index (χ4v) is 2.47. The molecular weight excluding hydrogens is 276 g/mol. The molecule has 0 heterocycles. The van der Waals surface area contributed by atoms with Crippen molar-refractivity contribution in [3.05, 3.63) is 91.0 Å². The van der Waals surface area contributed by atoms with Crippen LogP contribution in [0.5, 0.6) is 0 Å². The van der Waals surface area contributed by atoms with Crippen LogP contribution in [-0.4, -0.2) is 0 Å². The van der Waals surface area contributed by atoms with Crippen LogP contribution < -0.4 is 0 Å². The first-order valence-corrected chi connectivity index (χ1v) is 8.16. The van der Waals surface area contributed by atoms with Crippen LogP contribution in [0.2, 0.25) is 0 Å². The van der Waals surface area contributed by atoms with Gasteiger partial charge in [0.05, 0.1) is 0 Å². The lowest BCUT2D eigenvalue weighted by Gasteiger charge is -2.08. The highest BCUT2D eigenvalue weighted by Gasteiger charge is 2.02. The Morgan fingerprint density at radius 1 is 0.609 bits per heavy atom. The molecule has 0 fully saturated rings. The minimum Gasteiger partial charge on any atom is -0.0955 e. The van der Waals surface area contributed by atoms with Crippen LogP contribution in [-0.2, 0) is 0 Å². The Kier molecular flexibility index (Phi) is 5.94. The average molecular weight is 300 g/mol. The third-order valence-electron chi connectivity index (χ3n) is 3.66. The lowest BCUT2D eigenvalue weighted by Crippen LogP contribution is -1.83. The van der Waals surface area contributed by atoms with Gasteiger partial charge in [0.25, 0.3) is 0 Å². The molecule has 0 atom stereocenters. The second kappa shape index (κ2) is 8.14.